The first-order valence-electron chi connectivity index (χ1n) is 5.07. The van der Waals surface area contributed by atoms with E-state index in [2.05, 4.69) is 0 Å². The third-order valence-corrected chi connectivity index (χ3v) is 1.85. The molecule has 0 unspecified atom stereocenters. The van der Waals surface area contributed by atoms with Gasteiger partial charge in [0.2, 0.25) is 0 Å². The van der Waals surface area contributed by atoms with Crippen molar-refractivity contribution in [2.24, 2.45) is 0 Å². The lowest BCUT2D eigenvalue weighted by Crippen LogP contribution is -2.18. The maximum atomic E-state index is 11.6. The van der Waals surface area contributed by atoms with Crippen molar-refractivity contribution < 1.29 is 14.6 Å². The highest BCUT2D eigenvalue weighted by molar-refractivity contribution is 5.89. The molecule has 0 bridgehead atoms. The Balaban J connectivity index is 2.70. The first-order chi connectivity index (χ1) is 7.38. The summed E-state index contributed by atoms with van der Waals surface area (Å²) < 4.78 is 5.10. The number of carbonyl (C=O) groups excluding carboxylic acids is 1. The minimum absolute atomic E-state index is 0.386. The van der Waals surface area contributed by atoms with Crippen molar-refractivity contribution in [2.75, 3.05) is 0 Å². The Bertz CT molecular complexity index is 385. The molecule has 1 rings (SSSR count). The summed E-state index contributed by atoms with van der Waals surface area (Å²) in [6.07, 6.45) is 1.47. The van der Waals surface area contributed by atoms with Crippen LogP contribution in [0.2, 0.25) is 0 Å². The highest BCUT2D eigenvalue weighted by Gasteiger charge is 2.14. The predicted octanol–water partition coefficient (Wildman–Crippen LogP) is 2.31. The van der Waals surface area contributed by atoms with E-state index in [9.17, 15) is 9.90 Å². The molecule has 1 aromatic rings. The number of aliphatic hydroxyl groups is 1. The molecule has 0 saturated carbocycles. The van der Waals surface area contributed by atoms with Gasteiger partial charge in [-0.25, -0.2) is 4.79 Å². The summed E-state index contributed by atoms with van der Waals surface area (Å²) in [4.78, 5) is 11.6. The molecule has 86 valence electrons. The number of hydrogen-bond acceptors (Lipinski definition) is 3. The number of esters is 1. The lowest BCUT2D eigenvalue weighted by molar-refractivity contribution is -0.130. The summed E-state index contributed by atoms with van der Waals surface area (Å²) in [5.74, 6) is 0.0457. The van der Waals surface area contributed by atoms with Gasteiger partial charge in [0.1, 0.15) is 5.75 Å². The van der Waals surface area contributed by atoms with Crippen LogP contribution in [-0.4, -0.2) is 16.7 Å². The van der Waals surface area contributed by atoms with Crippen LogP contribution >= 0.6 is 0 Å². The first-order valence-corrected chi connectivity index (χ1v) is 5.07. The third kappa shape index (κ3) is 4.28. The van der Waals surface area contributed by atoms with Crippen LogP contribution in [0.15, 0.2) is 42.0 Å². The number of para-hydroxylation sites is 1. The van der Waals surface area contributed by atoms with Crippen molar-refractivity contribution in [1.82, 2.24) is 0 Å². The number of rotatable bonds is 3. The van der Waals surface area contributed by atoms with Gasteiger partial charge in [0.25, 0.3) is 0 Å². The van der Waals surface area contributed by atoms with E-state index in [0.29, 0.717) is 11.3 Å². The topological polar surface area (TPSA) is 46.5 Å². The molecule has 0 aliphatic heterocycles. The molecule has 0 amide bonds. The molecular formula is C13H16O3. The van der Waals surface area contributed by atoms with E-state index in [1.165, 1.54) is 6.08 Å². The fraction of sp³-hybridized carbons (Fsp3) is 0.308. The van der Waals surface area contributed by atoms with Crippen LogP contribution in [0.25, 0.3) is 0 Å². The van der Waals surface area contributed by atoms with E-state index in [1.807, 2.05) is 6.07 Å². The zero-order chi connectivity index (χ0) is 12.2. The van der Waals surface area contributed by atoms with Gasteiger partial charge in [0, 0.05) is 5.57 Å². The van der Waals surface area contributed by atoms with E-state index < -0.39 is 11.6 Å². The monoisotopic (exact) mass is 220 g/mol. The van der Waals surface area contributed by atoms with Gasteiger partial charge < -0.3 is 9.84 Å². The van der Waals surface area contributed by atoms with E-state index in [1.54, 1.807) is 45.0 Å². The van der Waals surface area contributed by atoms with E-state index in [0.717, 1.165) is 0 Å². The zero-order valence-corrected chi connectivity index (χ0v) is 9.73. The highest BCUT2D eigenvalue weighted by atomic mass is 16.5. The van der Waals surface area contributed by atoms with Crippen molar-refractivity contribution in [1.29, 1.82) is 0 Å². The molecule has 0 spiro atoms. The number of carbonyl (C=O) groups is 1. The van der Waals surface area contributed by atoms with E-state index in [-0.39, 0.29) is 0 Å². The van der Waals surface area contributed by atoms with Crippen molar-refractivity contribution in [3.05, 3.63) is 42.0 Å². The van der Waals surface area contributed by atoms with Gasteiger partial charge >= 0.3 is 5.97 Å². The number of hydrogen-bond donors (Lipinski definition) is 1. The zero-order valence-electron chi connectivity index (χ0n) is 9.73. The fourth-order valence-corrected chi connectivity index (χ4v) is 1.26. The summed E-state index contributed by atoms with van der Waals surface area (Å²) in [7, 11) is 0. The molecule has 0 radical (unpaired) electrons. The third-order valence-electron chi connectivity index (χ3n) is 1.85. The van der Waals surface area contributed by atoms with Crippen LogP contribution < -0.4 is 4.74 Å². The Morgan fingerprint density at radius 2 is 1.88 bits per heavy atom. The number of ether oxygens (including phenoxy) is 1. The Kier molecular flexibility index (Phi) is 3.85. The average Bonchev–Trinajstić information content (AvgIpc) is 2.16. The van der Waals surface area contributed by atoms with Crippen molar-refractivity contribution in [3.63, 3.8) is 0 Å². The molecule has 0 aromatic heterocycles. The Hall–Kier alpha value is -1.61. The second-order valence-corrected chi connectivity index (χ2v) is 4.18. The van der Waals surface area contributed by atoms with Crippen LogP contribution in [0, 0.1) is 0 Å². The molecule has 3 heteroatoms. The van der Waals surface area contributed by atoms with Crippen molar-refractivity contribution >= 4 is 5.97 Å². The van der Waals surface area contributed by atoms with Gasteiger partial charge in [-0.1, -0.05) is 18.2 Å². The molecule has 0 atom stereocenters. The van der Waals surface area contributed by atoms with Crippen LogP contribution in [0.4, 0.5) is 0 Å². The quantitative estimate of drug-likeness (QED) is 0.483. The average molecular weight is 220 g/mol. The summed E-state index contributed by atoms with van der Waals surface area (Å²) in [5.41, 5.74) is -0.629. The smallest absolute Gasteiger partial charge is 0.338 e. The van der Waals surface area contributed by atoms with Gasteiger partial charge in [0.05, 0.1) is 5.60 Å². The molecule has 0 aliphatic rings. The second-order valence-electron chi connectivity index (χ2n) is 4.18. The summed E-state index contributed by atoms with van der Waals surface area (Å²) >= 11 is 0. The molecule has 0 saturated heterocycles. The lowest BCUT2D eigenvalue weighted by atomic mass is 10.1. The molecule has 16 heavy (non-hydrogen) atoms. The standard InChI is InChI=1S/C13H16O3/c1-10(9-13(2,3)15)12(14)16-11-7-5-4-6-8-11/h4-9,15H,1-3H3. The minimum Gasteiger partial charge on any atom is -0.423 e. The van der Waals surface area contributed by atoms with Crippen LogP contribution in [0.1, 0.15) is 20.8 Å². The van der Waals surface area contributed by atoms with Gasteiger partial charge in [0.15, 0.2) is 0 Å². The molecule has 1 aromatic carbocycles. The lowest BCUT2D eigenvalue weighted by Gasteiger charge is -2.12. The molecule has 0 aliphatic carbocycles. The van der Waals surface area contributed by atoms with Crippen LogP contribution in [-0.2, 0) is 4.79 Å². The fourth-order valence-electron chi connectivity index (χ4n) is 1.26. The van der Waals surface area contributed by atoms with Gasteiger partial charge in [-0.15, -0.1) is 0 Å². The SMILES string of the molecule is CC(=CC(C)(C)O)C(=O)Oc1ccccc1. The Labute approximate surface area is 95.4 Å². The van der Waals surface area contributed by atoms with Gasteiger partial charge in [-0.3, -0.25) is 0 Å². The second kappa shape index (κ2) is 4.94. The predicted molar refractivity (Wildman–Crippen MR) is 62.1 cm³/mol. The van der Waals surface area contributed by atoms with Gasteiger partial charge in [-0.05, 0) is 39.0 Å². The molecule has 0 fully saturated rings. The highest BCUT2D eigenvalue weighted by Crippen LogP contribution is 2.13. The van der Waals surface area contributed by atoms with Crippen LogP contribution in [0.5, 0.6) is 5.75 Å². The summed E-state index contributed by atoms with van der Waals surface area (Å²) in [6, 6.07) is 8.83. The minimum atomic E-state index is -1.01. The molecular weight excluding hydrogens is 204 g/mol. The van der Waals surface area contributed by atoms with E-state index in [4.69, 9.17) is 4.74 Å². The van der Waals surface area contributed by atoms with Crippen LogP contribution in [0.3, 0.4) is 0 Å². The Morgan fingerprint density at radius 3 is 2.38 bits per heavy atom. The maximum Gasteiger partial charge on any atom is 0.338 e. The maximum absolute atomic E-state index is 11.6. The van der Waals surface area contributed by atoms with E-state index >= 15 is 0 Å². The van der Waals surface area contributed by atoms with Gasteiger partial charge in [-0.2, -0.15) is 0 Å². The molecule has 3 nitrogen and oxygen atoms in total. The normalized spacial score (nSPS) is 12.4. The summed E-state index contributed by atoms with van der Waals surface area (Å²) in [5, 5.41) is 9.52. The Morgan fingerprint density at radius 1 is 1.31 bits per heavy atom. The molecule has 0 heterocycles. The first kappa shape index (κ1) is 12.5. The molecule has 1 N–H and O–H groups in total. The van der Waals surface area contributed by atoms with Crippen molar-refractivity contribution in [3.8, 4) is 5.75 Å². The number of benzene rings is 1. The van der Waals surface area contributed by atoms with Crippen molar-refractivity contribution in [2.45, 2.75) is 26.4 Å². The summed E-state index contributed by atoms with van der Waals surface area (Å²) in [6.45, 7) is 4.82. The largest absolute Gasteiger partial charge is 0.423 e.